The number of hydrogen-bond acceptors (Lipinski definition) is 6. The zero-order valence-corrected chi connectivity index (χ0v) is 18.6. The van der Waals surface area contributed by atoms with Gasteiger partial charge in [0.2, 0.25) is 5.91 Å². The van der Waals surface area contributed by atoms with Crippen LogP contribution >= 0.6 is 11.8 Å². The van der Waals surface area contributed by atoms with Crippen LogP contribution in [0.1, 0.15) is 19.4 Å². The van der Waals surface area contributed by atoms with Crippen LogP contribution in [0, 0.1) is 17.2 Å². The van der Waals surface area contributed by atoms with Gasteiger partial charge in [0.15, 0.2) is 5.17 Å². The normalized spacial score (nSPS) is 23.2. The van der Waals surface area contributed by atoms with Crippen LogP contribution in [0.4, 0.5) is 0 Å². The number of nitrogens with two attached hydrogens (primary N) is 1. The first-order valence-corrected chi connectivity index (χ1v) is 11.3. The number of carbonyl (C=O) groups excluding carboxylic acids is 1. The molecule has 9 heteroatoms. The van der Waals surface area contributed by atoms with Crippen LogP contribution in [0.3, 0.4) is 0 Å². The highest BCUT2D eigenvalue weighted by Gasteiger charge is 2.59. The van der Waals surface area contributed by atoms with Crippen molar-refractivity contribution >= 4 is 39.6 Å². The van der Waals surface area contributed by atoms with E-state index in [-0.39, 0.29) is 35.3 Å². The van der Waals surface area contributed by atoms with E-state index in [0.717, 1.165) is 16.3 Å². The lowest BCUT2D eigenvalue weighted by Gasteiger charge is -2.46. The largest absolute Gasteiger partial charge is 0.488 e. The Bertz CT molecular complexity index is 1150. The lowest BCUT2D eigenvalue weighted by molar-refractivity contribution is -0.163. The molecule has 1 unspecified atom stereocenters. The number of carboxylic acids is 1. The monoisotopic (exact) mass is 455 g/mol. The van der Waals surface area contributed by atoms with Crippen LogP contribution in [0.15, 0.2) is 47.7 Å². The Labute approximate surface area is 189 Å². The molecule has 0 aromatic heterocycles. The van der Waals surface area contributed by atoms with Crippen molar-refractivity contribution in [2.45, 2.75) is 31.7 Å². The minimum absolute atomic E-state index is 0.0289. The summed E-state index contributed by atoms with van der Waals surface area (Å²) in [6.45, 7) is 3.45. The second kappa shape index (κ2) is 8.48. The topological polar surface area (TPSA) is 137 Å². The summed E-state index contributed by atoms with van der Waals surface area (Å²) in [6.07, 6.45) is -0.842. The molecule has 32 heavy (non-hydrogen) atoms. The first kappa shape index (κ1) is 22.2. The van der Waals surface area contributed by atoms with Crippen LogP contribution in [-0.4, -0.2) is 50.9 Å². The quantitative estimate of drug-likeness (QED) is 0.286. The number of carbonyl (C=O) groups is 2. The maximum Gasteiger partial charge on any atom is 0.352 e. The maximum atomic E-state index is 12.5. The van der Waals surface area contributed by atoms with E-state index >= 15 is 0 Å². The molecule has 5 N–H and O–H groups in total. The van der Waals surface area contributed by atoms with E-state index < -0.39 is 18.0 Å². The number of rotatable bonds is 7. The molecule has 2 aromatic rings. The van der Waals surface area contributed by atoms with Crippen LogP contribution in [0.2, 0.25) is 0 Å². The van der Waals surface area contributed by atoms with Crippen LogP contribution in [0.5, 0.6) is 5.75 Å². The number of aliphatic carboxylic acids is 1. The molecular formula is C23H25N3O5S. The molecular weight excluding hydrogens is 430 g/mol. The fourth-order valence-electron chi connectivity index (χ4n) is 4.74. The molecule has 0 radical (unpaired) electrons. The van der Waals surface area contributed by atoms with Gasteiger partial charge in [-0.05, 0) is 23.9 Å². The molecule has 2 heterocycles. The van der Waals surface area contributed by atoms with Crippen molar-refractivity contribution in [3.63, 3.8) is 0 Å². The molecule has 0 spiro atoms. The smallest absolute Gasteiger partial charge is 0.352 e. The third-order valence-electron chi connectivity index (χ3n) is 6.26. The lowest BCUT2D eigenvalue weighted by Crippen LogP contribution is -2.63. The summed E-state index contributed by atoms with van der Waals surface area (Å²) in [5.74, 6) is -1.21. The van der Waals surface area contributed by atoms with Gasteiger partial charge in [-0.1, -0.05) is 49.0 Å². The highest BCUT2D eigenvalue weighted by molar-refractivity contribution is 8.13. The van der Waals surface area contributed by atoms with Crippen molar-refractivity contribution in [3.8, 4) is 5.75 Å². The summed E-state index contributed by atoms with van der Waals surface area (Å²) < 4.78 is 6.09. The van der Waals surface area contributed by atoms with E-state index in [2.05, 4.69) is 0 Å². The Balaban J connectivity index is 1.62. The summed E-state index contributed by atoms with van der Waals surface area (Å²) in [5.41, 5.74) is 6.99. The molecule has 168 valence electrons. The van der Waals surface area contributed by atoms with E-state index in [1.807, 2.05) is 43.3 Å². The maximum absolute atomic E-state index is 12.5. The average molecular weight is 456 g/mol. The molecule has 4 atom stereocenters. The number of aliphatic hydroxyl groups is 1. The number of amidine groups is 1. The number of thioether (sulfide) groups is 1. The zero-order chi connectivity index (χ0) is 23.2. The van der Waals surface area contributed by atoms with Gasteiger partial charge in [-0.2, -0.15) is 0 Å². The van der Waals surface area contributed by atoms with Gasteiger partial charge in [-0.15, -0.1) is 0 Å². The van der Waals surface area contributed by atoms with E-state index in [1.165, 1.54) is 16.7 Å². The van der Waals surface area contributed by atoms with Gasteiger partial charge in [-0.25, -0.2) is 4.79 Å². The van der Waals surface area contributed by atoms with Crippen LogP contribution in [0.25, 0.3) is 10.8 Å². The number of ether oxygens (including phenoxy) is 1. The number of hydrogen-bond donors (Lipinski definition) is 4. The summed E-state index contributed by atoms with van der Waals surface area (Å²) in [5, 5.41) is 29.1. The molecule has 1 saturated heterocycles. The Kier molecular flexibility index (Phi) is 5.87. The number of fused-ring (bicyclic) bond motifs is 2. The molecule has 4 rings (SSSR count). The van der Waals surface area contributed by atoms with E-state index in [1.54, 1.807) is 6.92 Å². The van der Waals surface area contributed by atoms with Gasteiger partial charge < -0.3 is 25.6 Å². The number of carboxylic acid groups (broad SMARTS) is 1. The molecule has 0 aliphatic carbocycles. The van der Waals surface area contributed by atoms with Gasteiger partial charge in [0.05, 0.1) is 18.1 Å². The third kappa shape index (κ3) is 3.61. The van der Waals surface area contributed by atoms with E-state index in [4.69, 9.17) is 15.9 Å². The van der Waals surface area contributed by atoms with E-state index in [0.29, 0.717) is 17.1 Å². The second-order valence-corrected chi connectivity index (χ2v) is 9.16. The Morgan fingerprint density at radius 1 is 1.28 bits per heavy atom. The number of aliphatic hydroxyl groups excluding tert-OH is 1. The first-order valence-electron chi connectivity index (χ1n) is 10.3. The van der Waals surface area contributed by atoms with E-state index in [9.17, 15) is 19.8 Å². The molecule has 2 aliphatic rings. The standard InChI is InChI=1S/C23H25N3O5S/c1-11-16(20(22(29)30)26-19(11)18(12(2)27)21(26)28)9-31-17-8-4-6-14-13(10-32-23(24)25)5-3-7-15(14)17/h3-8,11-12,18-19,27H,9-10H2,1-2H3,(H3,24,25)(H,29,30)/t11?,12-,18-,19-/m1/s1. The molecule has 0 saturated carbocycles. The highest BCUT2D eigenvalue weighted by atomic mass is 32.2. The Hall–Kier alpha value is -3.04. The van der Waals surface area contributed by atoms with Gasteiger partial charge in [-0.3, -0.25) is 10.2 Å². The SMILES string of the molecule is CC1C(COc2cccc3c(CSC(=N)N)cccc23)=C(C(=O)O)N2C(=O)[C@H]([C@@H](C)O)[C@@H]12. The summed E-state index contributed by atoms with van der Waals surface area (Å²) in [4.78, 5) is 25.7. The summed E-state index contributed by atoms with van der Waals surface area (Å²) in [7, 11) is 0. The second-order valence-electron chi connectivity index (χ2n) is 8.14. The molecule has 0 bridgehead atoms. The Morgan fingerprint density at radius 3 is 2.62 bits per heavy atom. The average Bonchev–Trinajstić information content (AvgIpc) is 2.98. The van der Waals surface area contributed by atoms with Crippen molar-refractivity contribution in [1.82, 2.24) is 4.90 Å². The fraction of sp³-hybridized carbons (Fsp3) is 0.348. The molecule has 2 aliphatic heterocycles. The number of benzene rings is 2. The number of amides is 1. The zero-order valence-electron chi connectivity index (χ0n) is 17.7. The first-order chi connectivity index (χ1) is 15.2. The third-order valence-corrected chi connectivity index (χ3v) is 7.02. The molecule has 2 aromatic carbocycles. The van der Waals surface area contributed by atoms with Crippen molar-refractivity contribution < 1.29 is 24.5 Å². The Morgan fingerprint density at radius 2 is 1.97 bits per heavy atom. The minimum atomic E-state index is -1.17. The van der Waals surface area contributed by atoms with Crippen LogP contribution in [-0.2, 0) is 15.3 Å². The fourth-order valence-corrected chi connectivity index (χ4v) is 5.31. The number of nitrogens with one attached hydrogen (secondary N) is 1. The molecule has 1 amide bonds. The van der Waals surface area contributed by atoms with Crippen molar-refractivity contribution in [3.05, 3.63) is 53.2 Å². The summed E-state index contributed by atoms with van der Waals surface area (Å²) in [6, 6.07) is 11.1. The van der Waals surface area contributed by atoms with Crippen LogP contribution < -0.4 is 10.5 Å². The lowest BCUT2D eigenvalue weighted by atomic mass is 9.78. The predicted octanol–water partition coefficient (Wildman–Crippen LogP) is 2.54. The van der Waals surface area contributed by atoms with Crippen molar-refractivity contribution in [1.29, 1.82) is 5.41 Å². The van der Waals surface area contributed by atoms with Gasteiger partial charge in [0.1, 0.15) is 18.1 Å². The van der Waals surface area contributed by atoms with Gasteiger partial charge in [0, 0.05) is 22.6 Å². The van der Waals surface area contributed by atoms with Gasteiger partial charge >= 0.3 is 5.97 Å². The molecule has 8 nitrogen and oxygen atoms in total. The van der Waals surface area contributed by atoms with Crippen molar-refractivity contribution in [2.24, 2.45) is 17.6 Å². The number of β-lactam (4-membered cyclic amide) rings is 1. The van der Waals surface area contributed by atoms with Crippen molar-refractivity contribution in [2.75, 3.05) is 6.61 Å². The minimum Gasteiger partial charge on any atom is -0.488 e. The predicted molar refractivity (Wildman–Crippen MR) is 122 cm³/mol. The highest BCUT2D eigenvalue weighted by Crippen LogP contribution is 2.47. The summed E-state index contributed by atoms with van der Waals surface area (Å²) >= 11 is 1.24. The molecule has 1 fully saturated rings. The number of nitrogens with zero attached hydrogens (tertiary/aromatic N) is 1. The van der Waals surface area contributed by atoms with Gasteiger partial charge in [0.25, 0.3) is 0 Å².